The van der Waals surface area contributed by atoms with Crippen molar-refractivity contribution in [2.75, 3.05) is 13.1 Å². The molecule has 1 atom stereocenters. The van der Waals surface area contributed by atoms with Gasteiger partial charge in [0.05, 0.1) is 11.6 Å². The molecule has 0 aromatic heterocycles. The SMILES string of the molecule is CCCNC(=O)N1CCCC1c1ccc(C(F)(F)F)cc1. The van der Waals surface area contributed by atoms with Crippen molar-refractivity contribution >= 4 is 6.03 Å². The summed E-state index contributed by atoms with van der Waals surface area (Å²) in [4.78, 5) is 13.8. The van der Waals surface area contributed by atoms with Crippen LogP contribution in [-0.2, 0) is 6.18 Å². The third-order valence-corrected chi connectivity index (χ3v) is 3.66. The van der Waals surface area contributed by atoms with E-state index in [1.54, 1.807) is 4.90 Å². The summed E-state index contributed by atoms with van der Waals surface area (Å²) in [7, 11) is 0. The molecular formula is C15H19F3N2O. The number of benzene rings is 1. The van der Waals surface area contributed by atoms with Crippen LogP contribution in [0.3, 0.4) is 0 Å². The van der Waals surface area contributed by atoms with E-state index in [9.17, 15) is 18.0 Å². The molecule has 0 radical (unpaired) electrons. The largest absolute Gasteiger partial charge is 0.416 e. The van der Waals surface area contributed by atoms with Crippen molar-refractivity contribution in [3.8, 4) is 0 Å². The predicted molar refractivity (Wildman–Crippen MR) is 73.8 cm³/mol. The van der Waals surface area contributed by atoms with E-state index in [1.165, 1.54) is 12.1 Å². The Kier molecular flexibility index (Phi) is 4.75. The highest BCUT2D eigenvalue weighted by Gasteiger charge is 2.32. The first-order chi connectivity index (χ1) is 9.93. The van der Waals surface area contributed by atoms with Gasteiger partial charge in [0.1, 0.15) is 0 Å². The Labute approximate surface area is 122 Å². The quantitative estimate of drug-likeness (QED) is 0.900. The van der Waals surface area contributed by atoms with Crippen LogP contribution in [0.4, 0.5) is 18.0 Å². The molecule has 116 valence electrons. The number of amides is 2. The molecule has 0 bridgehead atoms. The lowest BCUT2D eigenvalue weighted by Gasteiger charge is -2.25. The van der Waals surface area contributed by atoms with E-state index >= 15 is 0 Å². The number of hydrogen-bond donors (Lipinski definition) is 1. The lowest BCUT2D eigenvalue weighted by Crippen LogP contribution is -2.39. The predicted octanol–water partition coefficient (Wildman–Crippen LogP) is 3.96. The second-order valence-corrected chi connectivity index (χ2v) is 5.20. The van der Waals surface area contributed by atoms with E-state index in [-0.39, 0.29) is 12.1 Å². The van der Waals surface area contributed by atoms with Gasteiger partial charge in [0.25, 0.3) is 0 Å². The Morgan fingerprint density at radius 1 is 1.33 bits per heavy atom. The van der Waals surface area contributed by atoms with Gasteiger partial charge in [0, 0.05) is 13.1 Å². The van der Waals surface area contributed by atoms with Gasteiger partial charge < -0.3 is 10.2 Å². The number of urea groups is 1. The Morgan fingerprint density at radius 2 is 2.00 bits per heavy atom. The first-order valence-corrected chi connectivity index (χ1v) is 7.15. The summed E-state index contributed by atoms with van der Waals surface area (Å²) in [6.45, 7) is 3.22. The van der Waals surface area contributed by atoms with Crippen molar-refractivity contribution in [1.29, 1.82) is 0 Å². The average Bonchev–Trinajstić information content (AvgIpc) is 2.93. The van der Waals surface area contributed by atoms with E-state index in [1.807, 2.05) is 6.92 Å². The molecule has 1 unspecified atom stereocenters. The maximum absolute atomic E-state index is 12.6. The summed E-state index contributed by atoms with van der Waals surface area (Å²) < 4.78 is 37.7. The molecule has 6 heteroatoms. The molecule has 1 heterocycles. The zero-order valence-electron chi connectivity index (χ0n) is 11.9. The van der Waals surface area contributed by atoms with Crippen molar-refractivity contribution in [2.24, 2.45) is 0 Å². The Morgan fingerprint density at radius 3 is 2.57 bits per heavy atom. The second-order valence-electron chi connectivity index (χ2n) is 5.20. The molecule has 0 aliphatic carbocycles. The van der Waals surface area contributed by atoms with Crippen molar-refractivity contribution in [2.45, 2.75) is 38.4 Å². The van der Waals surface area contributed by atoms with Gasteiger partial charge in [-0.25, -0.2) is 4.79 Å². The zero-order chi connectivity index (χ0) is 15.5. The van der Waals surface area contributed by atoms with E-state index in [0.717, 1.165) is 37.0 Å². The summed E-state index contributed by atoms with van der Waals surface area (Å²) in [5, 5.41) is 2.82. The summed E-state index contributed by atoms with van der Waals surface area (Å²) in [5.74, 6) is 0. The molecule has 0 saturated carbocycles. The van der Waals surface area contributed by atoms with Crippen LogP contribution in [0, 0.1) is 0 Å². The molecule has 1 N–H and O–H groups in total. The fraction of sp³-hybridized carbons (Fsp3) is 0.533. The average molecular weight is 300 g/mol. The van der Waals surface area contributed by atoms with Crippen LogP contribution in [0.2, 0.25) is 0 Å². The van der Waals surface area contributed by atoms with Gasteiger partial charge in [-0.1, -0.05) is 19.1 Å². The van der Waals surface area contributed by atoms with Gasteiger partial charge in [0.15, 0.2) is 0 Å². The van der Waals surface area contributed by atoms with E-state index in [2.05, 4.69) is 5.32 Å². The number of rotatable bonds is 3. The minimum Gasteiger partial charge on any atom is -0.338 e. The molecule has 1 aromatic carbocycles. The molecule has 2 rings (SSSR count). The normalized spacial score (nSPS) is 18.9. The van der Waals surface area contributed by atoms with Crippen LogP contribution in [0.5, 0.6) is 0 Å². The van der Waals surface area contributed by atoms with Gasteiger partial charge in [-0.15, -0.1) is 0 Å². The molecular weight excluding hydrogens is 281 g/mol. The number of hydrogen-bond acceptors (Lipinski definition) is 1. The fourth-order valence-electron chi connectivity index (χ4n) is 2.58. The lowest BCUT2D eigenvalue weighted by atomic mass is 10.0. The van der Waals surface area contributed by atoms with Crippen LogP contribution < -0.4 is 5.32 Å². The standard InChI is InChI=1S/C15H19F3N2O/c1-2-9-19-14(21)20-10-3-4-13(20)11-5-7-12(8-6-11)15(16,17)18/h5-8,13H,2-4,9-10H2,1H3,(H,19,21). The maximum atomic E-state index is 12.6. The summed E-state index contributed by atoms with van der Waals surface area (Å²) >= 11 is 0. The Hall–Kier alpha value is -1.72. The first kappa shape index (κ1) is 15.7. The highest BCUT2D eigenvalue weighted by Crippen LogP contribution is 2.34. The molecule has 2 amide bonds. The molecule has 0 spiro atoms. The zero-order valence-corrected chi connectivity index (χ0v) is 11.9. The van der Waals surface area contributed by atoms with Crippen molar-refractivity contribution < 1.29 is 18.0 Å². The number of nitrogens with one attached hydrogen (secondary N) is 1. The number of carbonyl (C=O) groups excluding carboxylic acids is 1. The monoisotopic (exact) mass is 300 g/mol. The number of alkyl halides is 3. The van der Waals surface area contributed by atoms with Crippen LogP contribution in [0.25, 0.3) is 0 Å². The Bertz CT molecular complexity index is 485. The molecule has 1 aliphatic rings. The first-order valence-electron chi connectivity index (χ1n) is 7.15. The molecule has 1 aromatic rings. The third kappa shape index (κ3) is 3.68. The molecule has 1 saturated heterocycles. The van der Waals surface area contributed by atoms with E-state index in [4.69, 9.17) is 0 Å². The molecule has 1 fully saturated rings. The van der Waals surface area contributed by atoms with Crippen LogP contribution in [-0.4, -0.2) is 24.0 Å². The number of nitrogens with zero attached hydrogens (tertiary/aromatic N) is 1. The second kappa shape index (κ2) is 6.37. The molecule has 21 heavy (non-hydrogen) atoms. The number of halogens is 3. The fourth-order valence-corrected chi connectivity index (χ4v) is 2.58. The number of carbonyl (C=O) groups is 1. The highest BCUT2D eigenvalue weighted by molar-refractivity contribution is 5.75. The van der Waals surface area contributed by atoms with Gasteiger partial charge in [-0.2, -0.15) is 13.2 Å². The van der Waals surface area contributed by atoms with Gasteiger partial charge in [0.2, 0.25) is 0 Å². The minimum atomic E-state index is -4.33. The molecule has 1 aliphatic heterocycles. The van der Waals surface area contributed by atoms with E-state index in [0.29, 0.717) is 13.1 Å². The maximum Gasteiger partial charge on any atom is 0.416 e. The van der Waals surface area contributed by atoms with Gasteiger partial charge in [-0.05, 0) is 37.0 Å². The Balaban J connectivity index is 2.11. The number of likely N-dealkylation sites (tertiary alicyclic amines) is 1. The lowest BCUT2D eigenvalue weighted by molar-refractivity contribution is -0.137. The summed E-state index contributed by atoms with van der Waals surface area (Å²) in [5.41, 5.74) is 0.0957. The van der Waals surface area contributed by atoms with Crippen molar-refractivity contribution in [1.82, 2.24) is 10.2 Å². The summed E-state index contributed by atoms with van der Waals surface area (Å²) in [6.07, 6.45) is -1.83. The smallest absolute Gasteiger partial charge is 0.338 e. The van der Waals surface area contributed by atoms with Crippen LogP contribution in [0.15, 0.2) is 24.3 Å². The van der Waals surface area contributed by atoms with Crippen LogP contribution >= 0.6 is 0 Å². The topological polar surface area (TPSA) is 32.3 Å². The van der Waals surface area contributed by atoms with Crippen LogP contribution in [0.1, 0.15) is 43.4 Å². The summed E-state index contributed by atoms with van der Waals surface area (Å²) in [6, 6.07) is 4.83. The van der Waals surface area contributed by atoms with Gasteiger partial charge in [-0.3, -0.25) is 0 Å². The highest BCUT2D eigenvalue weighted by atomic mass is 19.4. The van der Waals surface area contributed by atoms with Crippen molar-refractivity contribution in [3.63, 3.8) is 0 Å². The van der Waals surface area contributed by atoms with E-state index < -0.39 is 11.7 Å². The minimum absolute atomic E-state index is 0.135. The molecule has 3 nitrogen and oxygen atoms in total. The van der Waals surface area contributed by atoms with Gasteiger partial charge >= 0.3 is 12.2 Å². The van der Waals surface area contributed by atoms with Crippen molar-refractivity contribution in [3.05, 3.63) is 35.4 Å². The third-order valence-electron chi connectivity index (χ3n) is 3.66.